The van der Waals surface area contributed by atoms with Crippen LogP contribution >= 0.6 is 0 Å². The Morgan fingerprint density at radius 1 is 0.905 bits per heavy atom. The van der Waals surface area contributed by atoms with Gasteiger partial charge in [-0.15, -0.1) is 0 Å². The summed E-state index contributed by atoms with van der Waals surface area (Å²) in [6.45, 7) is 7.15. The Labute approximate surface area is 130 Å². The molecule has 0 aliphatic carbocycles. The highest BCUT2D eigenvalue weighted by atomic mass is 28.3. The molecule has 0 amide bonds. The average molecular weight is 295 g/mol. The predicted octanol–water partition coefficient (Wildman–Crippen LogP) is 5.11. The molecule has 110 valence electrons. The monoisotopic (exact) mass is 294 g/mol. The fourth-order valence-corrected chi connectivity index (χ4v) is 5.91. The van der Waals surface area contributed by atoms with Crippen molar-refractivity contribution in [2.75, 3.05) is 0 Å². The van der Waals surface area contributed by atoms with Crippen LogP contribution in [0.15, 0.2) is 71.9 Å². The van der Waals surface area contributed by atoms with E-state index in [4.69, 9.17) is 0 Å². The van der Waals surface area contributed by atoms with Crippen LogP contribution in [0.2, 0.25) is 13.1 Å². The van der Waals surface area contributed by atoms with Gasteiger partial charge in [-0.05, 0) is 31.7 Å². The van der Waals surface area contributed by atoms with Crippen molar-refractivity contribution in [1.82, 2.24) is 0 Å². The number of aryl methyl sites for hydroxylation is 1. The van der Waals surface area contributed by atoms with Gasteiger partial charge in [0, 0.05) is 0 Å². The van der Waals surface area contributed by atoms with E-state index in [0.29, 0.717) is 0 Å². The van der Waals surface area contributed by atoms with E-state index in [1.807, 2.05) is 0 Å². The molecule has 0 atom stereocenters. The van der Waals surface area contributed by atoms with Gasteiger partial charge in [0.15, 0.2) is 0 Å². The van der Waals surface area contributed by atoms with Crippen LogP contribution in [0.1, 0.15) is 25.3 Å². The van der Waals surface area contributed by atoms with E-state index in [1.54, 1.807) is 5.20 Å². The van der Waals surface area contributed by atoms with Crippen LogP contribution in [0.5, 0.6) is 0 Å². The van der Waals surface area contributed by atoms with E-state index < -0.39 is 8.07 Å². The standard InChI is InChI=1S/C20H26Si/c1-4-19(17-11-14-18-12-7-5-8-13-18)21(2,3)20-15-9-6-10-16-20/h4-10,12-13,15-16H,11,14,17H2,1-3H3/b19-4+. The molecule has 0 unspecified atom stereocenters. The molecule has 2 aromatic rings. The third-order valence-corrected chi connectivity index (χ3v) is 8.32. The quantitative estimate of drug-likeness (QED) is 0.649. The fraction of sp³-hybridized carbons (Fsp3) is 0.300. The molecule has 0 aromatic heterocycles. The molecule has 0 heterocycles. The minimum Gasteiger partial charge on any atom is -0.0919 e. The second-order valence-electron chi connectivity index (χ2n) is 6.14. The molecule has 0 aliphatic heterocycles. The van der Waals surface area contributed by atoms with Gasteiger partial charge in [-0.1, -0.05) is 90.2 Å². The molecule has 0 N–H and O–H groups in total. The van der Waals surface area contributed by atoms with Crippen LogP contribution < -0.4 is 5.19 Å². The Balaban J connectivity index is 2.00. The van der Waals surface area contributed by atoms with Crippen molar-refractivity contribution in [1.29, 1.82) is 0 Å². The summed E-state index contributed by atoms with van der Waals surface area (Å²) in [4.78, 5) is 0. The van der Waals surface area contributed by atoms with Crippen LogP contribution in [-0.4, -0.2) is 8.07 Å². The molecule has 0 nitrogen and oxygen atoms in total. The summed E-state index contributed by atoms with van der Waals surface area (Å²) >= 11 is 0. The first-order chi connectivity index (χ1) is 10.1. The lowest BCUT2D eigenvalue weighted by atomic mass is 10.1. The van der Waals surface area contributed by atoms with E-state index in [2.05, 4.69) is 86.8 Å². The lowest BCUT2D eigenvalue weighted by Crippen LogP contribution is -2.43. The summed E-state index contributed by atoms with van der Waals surface area (Å²) in [6.07, 6.45) is 6.01. The predicted molar refractivity (Wildman–Crippen MR) is 96.7 cm³/mol. The molecule has 0 bridgehead atoms. The molecule has 2 rings (SSSR count). The van der Waals surface area contributed by atoms with E-state index >= 15 is 0 Å². The molecule has 2 aromatic carbocycles. The Hall–Kier alpha value is -1.60. The molecule has 0 aliphatic rings. The Morgan fingerprint density at radius 3 is 2.05 bits per heavy atom. The maximum atomic E-state index is 2.47. The van der Waals surface area contributed by atoms with E-state index in [-0.39, 0.29) is 0 Å². The van der Waals surface area contributed by atoms with E-state index in [9.17, 15) is 0 Å². The smallest absolute Gasteiger partial charge is 0.0919 e. The highest BCUT2D eigenvalue weighted by molar-refractivity contribution is 6.95. The van der Waals surface area contributed by atoms with Gasteiger partial charge in [0.2, 0.25) is 0 Å². The summed E-state index contributed by atoms with van der Waals surface area (Å²) in [5.41, 5.74) is 1.45. The first kappa shape index (κ1) is 15.8. The largest absolute Gasteiger partial charge is 0.107 e. The number of allylic oxidation sites excluding steroid dienone is 2. The minimum absolute atomic E-state index is 1.18. The zero-order chi connectivity index (χ0) is 15.1. The van der Waals surface area contributed by atoms with Gasteiger partial charge >= 0.3 is 0 Å². The maximum Gasteiger partial charge on any atom is 0.107 e. The first-order valence-electron chi connectivity index (χ1n) is 7.89. The van der Waals surface area contributed by atoms with Gasteiger partial charge in [0.25, 0.3) is 0 Å². The second-order valence-corrected chi connectivity index (χ2v) is 10.6. The van der Waals surface area contributed by atoms with Crippen molar-refractivity contribution in [3.8, 4) is 0 Å². The van der Waals surface area contributed by atoms with Crippen LogP contribution in [-0.2, 0) is 6.42 Å². The number of rotatable bonds is 6. The maximum absolute atomic E-state index is 2.47. The van der Waals surface area contributed by atoms with E-state index in [0.717, 1.165) is 0 Å². The van der Waals surface area contributed by atoms with Gasteiger partial charge in [0.1, 0.15) is 8.07 Å². The third kappa shape index (κ3) is 4.18. The average Bonchev–Trinajstić information content (AvgIpc) is 2.53. The SMILES string of the molecule is C/C=C(\CCCc1ccccc1)[Si](C)(C)c1ccccc1. The summed E-state index contributed by atoms with van der Waals surface area (Å²) in [7, 11) is -1.49. The van der Waals surface area contributed by atoms with Gasteiger partial charge in [-0.3, -0.25) is 0 Å². The van der Waals surface area contributed by atoms with Crippen molar-refractivity contribution in [3.63, 3.8) is 0 Å². The van der Waals surface area contributed by atoms with E-state index in [1.165, 1.54) is 30.0 Å². The van der Waals surface area contributed by atoms with Crippen molar-refractivity contribution < 1.29 is 0 Å². The molecular weight excluding hydrogens is 268 g/mol. The van der Waals surface area contributed by atoms with Crippen molar-refractivity contribution in [2.45, 2.75) is 39.3 Å². The van der Waals surface area contributed by atoms with Crippen molar-refractivity contribution in [2.24, 2.45) is 0 Å². The first-order valence-corrected chi connectivity index (χ1v) is 10.9. The molecule has 0 fully saturated rings. The van der Waals surface area contributed by atoms with Gasteiger partial charge in [-0.25, -0.2) is 0 Å². The number of benzene rings is 2. The summed E-state index contributed by atoms with van der Waals surface area (Å²) in [6, 6.07) is 21.9. The summed E-state index contributed by atoms with van der Waals surface area (Å²) < 4.78 is 0. The van der Waals surface area contributed by atoms with Gasteiger partial charge < -0.3 is 0 Å². The second kappa shape index (κ2) is 7.42. The van der Waals surface area contributed by atoms with Crippen LogP contribution in [0.4, 0.5) is 0 Å². The van der Waals surface area contributed by atoms with Crippen LogP contribution in [0.25, 0.3) is 0 Å². The third-order valence-electron chi connectivity index (χ3n) is 4.40. The highest BCUT2D eigenvalue weighted by Crippen LogP contribution is 2.21. The zero-order valence-corrected chi connectivity index (χ0v) is 14.5. The minimum atomic E-state index is -1.49. The van der Waals surface area contributed by atoms with Gasteiger partial charge in [0.05, 0.1) is 0 Å². The van der Waals surface area contributed by atoms with Crippen molar-refractivity contribution in [3.05, 3.63) is 77.5 Å². The lowest BCUT2D eigenvalue weighted by Gasteiger charge is -2.27. The molecule has 0 spiro atoms. The topological polar surface area (TPSA) is 0 Å². The number of hydrogen-bond acceptors (Lipinski definition) is 0. The molecular formula is C20H26Si. The molecule has 1 heteroatoms. The zero-order valence-electron chi connectivity index (χ0n) is 13.5. The molecule has 0 saturated carbocycles. The number of hydrogen-bond donors (Lipinski definition) is 0. The van der Waals surface area contributed by atoms with Crippen LogP contribution in [0, 0.1) is 0 Å². The lowest BCUT2D eigenvalue weighted by molar-refractivity contribution is 0.829. The molecule has 0 saturated heterocycles. The summed E-state index contributed by atoms with van der Waals surface area (Å²) in [5.74, 6) is 0. The molecule has 21 heavy (non-hydrogen) atoms. The Bertz CT molecular complexity index is 567. The molecule has 0 radical (unpaired) electrons. The summed E-state index contributed by atoms with van der Waals surface area (Å²) in [5, 5.41) is 3.21. The normalized spacial score (nSPS) is 12.4. The van der Waals surface area contributed by atoms with Crippen LogP contribution in [0.3, 0.4) is 0 Å². The fourth-order valence-electron chi connectivity index (χ4n) is 2.99. The Morgan fingerprint density at radius 2 is 1.48 bits per heavy atom. The van der Waals surface area contributed by atoms with Gasteiger partial charge in [-0.2, -0.15) is 0 Å². The van der Waals surface area contributed by atoms with Crippen molar-refractivity contribution >= 4 is 13.3 Å². The highest BCUT2D eigenvalue weighted by Gasteiger charge is 2.26. The Kier molecular flexibility index (Phi) is 5.57.